The normalized spacial score (nSPS) is 16.6. The molecule has 0 amide bonds. The summed E-state index contributed by atoms with van der Waals surface area (Å²) in [4.78, 5) is 0. The molecular formula is C6H6Cl11O3P. The van der Waals surface area contributed by atoms with Crippen molar-refractivity contribution < 1.29 is 13.6 Å². The molecule has 0 heterocycles. The summed E-state index contributed by atoms with van der Waals surface area (Å²) in [7, 11) is 0. The van der Waals surface area contributed by atoms with Crippen LogP contribution < -0.4 is 0 Å². The SMILES string of the molecule is ClC(Cl)(Cl)COP(Cl)(Cl)(OCC(Cl)(Cl)Cl)OCC(Cl)(Cl)Cl. The van der Waals surface area contributed by atoms with Gasteiger partial charge >= 0.3 is 178 Å². The fourth-order valence-electron chi connectivity index (χ4n) is 0.636. The molecule has 0 aromatic carbocycles. The van der Waals surface area contributed by atoms with Gasteiger partial charge in [0.15, 0.2) is 0 Å². The Morgan fingerprint density at radius 3 is 0.857 bits per heavy atom. The first-order valence-corrected chi connectivity index (χ1v) is 11.7. The van der Waals surface area contributed by atoms with Gasteiger partial charge in [-0.25, -0.2) is 0 Å². The summed E-state index contributed by atoms with van der Waals surface area (Å²) in [5, 5.41) is 0. The van der Waals surface area contributed by atoms with Crippen LogP contribution >= 0.6 is 133 Å². The van der Waals surface area contributed by atoms with E-state index in [1.165, 1.54) is 0 Å². The van der Waals surface area contributed by atoms with Crippen LogP contribution in [0.5, 0.6) is 0 Å². The van der Waals surface area contributed by atoms with Crippen LogP contribution in [0.1, 0.15) is 0 Å². The van der Waals surface area contributed by atoms with E-state index in [-0.39, 0.29) is 0 Å². The first-order valence-electron chi connectivity index (χ1n) is 4.51. The Morgan fingerprint density at radius 2 is 0.714 bits per heavy atom. The molecule has 0 aliphatic heterocycles. The van der Waals surface area contributed by atoms with Crippen LogP contribution in [-0.4, -0.2) is 31.2 Å². The van der Waals surface area contributed by atoms with E-state index in [0.29, 0.717) is 0 Å². The summed E-state index contributed by atoms with van der Waals surface area (Å²) in [6.45, 7) is -1.79. The molecule has 0 unspecified atom stereocenters. The topological polar surface area (TPSA) is 27.7 Å². The molecule has 0 N–H and O–H groups in total. The van der Waals surface area contributed by atoms with Crippen LogP contribution in [-0.2, 0) is 13.6 Å². The predicted molar refractivity (Wildman–Crippen MR) is 97.4 cm³/mol. The van der Waals surface area contributed by atoms with E-state index in [4.69, 9.17) is 140 Å². The van der Waals surface area contributed by atoms with Crippen molar-refractivity contribution in [2.24, 2.45) is 0 Å². The Labute approximate surface area is 176 Å². The minimum atomic E-state index is -4.88. The molecule has 15 heteroatoms. The molecule has 0 aromatic heterocycles. The van der Waals surface area contributed by atoms with E-state index in [9.17, 15) is 0 Å². The van der Waals surface area contributed by atoms with Crippen molar-refractivity contribution >= 4 is 133 Å². The predicted octanol–water partition coefficient (Wildman–Crippen LogP) is 7.75. The third-order valence-corrected chi connectivity index (χ3v) is 5.64. The van der Waals surface area contributed by atoms with Crippen LogP contribution in [0.3, 0.4) is 0 Å². The zero-order valence-electron chi connectivity index (χ0n) is 9.45. The second-order valence-electron chi connectivity index (χ2n) is 3.37. The van der Waals surface area contributed by atoms with Gasteiger partial charge in [-0.15, -0.1) is 0 Å². The van der Waals surface area contributed by atoms with Crippen molar-refractivity contribution in [3.05, 3.63) is 0 Å². The molecule has 21 heavy (non-hydrogen) atoms. The van der Waals surface area contributed by atoms with Crippen LogP contribution in [0.25, 0.3) is 0 Å². The van der Waals surface area contributed by atoms with Crippen molar-refractivity contribution in [2.75, 3.05) is 19.8 Å². The Bertz CT molecular complexity index is 293. The van der Waals surface area contributed by atoms with E-state index in [0.717, 1.165) is 0 Å². The van der Waals surface area contributed by atoms with Gasteiger partial charge in [0, 0.05) is 0 Å². The number of rotatable bonds is 6. The number of alkyl halides is 9. The van der Waals surface area contributed by atoms with E-state index >= 15 is 0 Å². The van der Waals surface area contributed by atoms with Gasteiger partial charge in [-0.1, -0.05) is 0 Å². The fraction of sp³-hybridized carbons (Fsp3) is 1.00. The maximum absolute atomic E-state index is 6.01. The Morgan fingerprint density at radius 1 is 0.524 bits per heavy atom. The molecule has 0 atom stereocenters. The molecule has 0 saturated carbocycles. The van der Waals surface area contributed by atoms with Gasteiger partial charge in [0.1, 0.15) is 0 Å². The van der Waals surface area contributed by atoms with Crippen molar-refractivity contribution in [2.45, 2.75) is 11.4 Å². The number of halogens is 11. The molecule has 0 aliphatic carbocycles. The molecule has 0 rings (SSSR count). The molecule has 0 fully saturated rings. The van der Waals surface area contributed by atoms with Gasteiger partial charge in [-0.3, -0.25) is 0 Å². The number of hydrogen-bond acceptors (Lipinski definition) is 3. The van der Waals surface area contributed by atoms with Crippen LogP contribution in [0.2, 0.25) is 0 Å². The van der Waals surface area contributed by atoms with Crippen molar-refractivity contribution in [3.8, 4) is 0 Å². The molecule has 0 aromatic rings. The molecule has 0 aliphatic rings. The molecule has 0 spiro atoms. The molecule has 3 nitrogen and oxygen atoms in total. The van der Waals surface area contributed by atoms with E-state index in [1.807, 2.05) is 0 Å². The monoisotopic (exact) mass is 542 g/mol. The van der Waals surface area contributed by atoms with Gasteiger partial charge in [-0.05, 0) is 0 Å². The maximum atomic E-state index is 6.01. The summed E-state index contributed by atoms with van der Waals surface area (Å²) in [5.74, 6) is -4.88. The second kappa shape index (κ2) is 8.46. The average Bonchev–Trinajstić information content (AvgIpc) is 2.20. The second-order valence-corrected chi connectivity index (χ2v) is 17.1. The Balaban J connectivity index is 5.03. The quantitative estimate of drug-likeness (QED) is 0.252. The van der Waals surface area contributed by atoms with Gasteiger partial charge in [0.25, 0.3) is 0 Å². The first-order chi connectivity index (χ1) is 8.90. The van der Waals surface area contributed by atoms with E-state index in [2.05, 4.69) is 0 Å². The summed E-state index contributed by atoms with van der Waals surface area (Å²) in [5.41, 5.74) is 0. The van der Waals surface area contributed by atoms with E-state index < -0.39 is 37.2 Å². The summed E-state index contributed by atoms with van der Waals surface area (Å²) >= 11 is 61.7. The molecule has 0 saturated heterocycles. The minimum absolute atomic E-state index is 0.595. The van der Waals surface area contributed by atoms with Crippen LogP contribution in [0, 0.1) is 0 Å². The van der Waals surface area contributed by atoms with Crippen LogP contribution in [0.4, 0.5) is 0 Å². The van der Waals surface area contributed by atoms with Gasteiger partial charge in [0.05, 0.1) is 0 Å². The average molecular weight is 547 g/mol. The molecule has 0 bridgehead atoms. The zero-order valence-corrected chi connectivity index (χ0v) is 18.7. The first kappa shape index (κ1) is 24.5. The zero-order chi connectivity index (χ0) is 17.2. The van der Waals surface area contributed by atoms with Crippen molar-refractivity contribution in [1.82, 2.24) is 0 Å². The number of hydrogen-bond donors (Lipinski definition) is 0. The molecular weight excluding hydrogens is 541 g/mol. The third-order valence-electron chi connectivity index (χ3n) is 1.29. The Hall–Kier alpha value is 3.50. The summed E-state index contributed by atoms with van der Waals surface area (Å²) < 4.78 is 9.54. The van der Waals surface area contributed by atoms with Crippen molar-refractivity contribution in [1.29, 1.82) is 0 Å². The van der Waals surface area contributed by atoms with Gasteiger partial charge in [0.2, 0.25) is 0 Å². The standard InChI is InChI=1S/C6H6Cl11O3P/c7-4(8,9)1-18-21(16,17,19-2-5(10,11)12)20-3-6(13,14)15/h1-3H2. The van der Waals surface area contributed by atoms with Gasteiger partial charge < -0.3 is 0 Å². The molecule has 130 valence electrons. The molecule has 0 radical (unpaired) electrons. The third kappa shape index (κ3) is 14.4. The van der Waals surface area contributed by atoms with E-state index in [1.54, 1.807) is 0 Å². The summed E-state index contributed by atoms with van der Waals surface area (Å²) in [6, 6.07) is 0. The fourth-order valence-corrected chi connectivity index (χ4v) is 4.10. The van der Waals surface area contributed by atoms with Gasteiger partial charge in [-0.2, -0.15) is 0 Å². The summed E-state index contributed by atoms with van der Waals surface area (Å²) in [6.07, 6.45) is 0. The van der Waals surface area contributed by atoms with Crippen LogP contribution in [0.15, 0.2) is 0 Å². The Kier molecular flexibility index (Phi) is 9.87. The van der Waals surface area contributed by atoms with Crippen molar-refractivity contribution in [3.63, 3.8) is 0 Å².